The van der Waals surface area contributed by atoms with Gasteiger partial charge in [-0.3, -0.25) is 4.90 Å². The van der Waals surface area contributed by atoms with Gasteiger partial charge < -0.3 is 9.52 Å². The zero-order valence-electron chi connectivity index (χ0n) is 9.18. The van der Waals surface area contributed by atoms with Crippen LogP contribution < -0.4 is 0 Å². The molecule has 88 valence electrons. The summed E-state index contributed by atoms with van der Waals surface area (Å²) in [7, 11) is 2.02. The highest BCUT2D eigenvalue weighted by Crippen LogP contribution is 2.23. The van der Waals surface area contributed by atoms with Crippen molar-refractivity contribution in [1.29, 1.82) is 0 Å². The van der Waals surface area contributed by atoms with Gasteiger partial charge in [-0.15, -0.1) is 0 Å². The van der Waals surface area contributed by atoms with Crippen LogP contribution in [0.25, 0.3) is 0 Å². The third-order valence-corrected chi connectivity index (χ3v) is 4.04. The van der Waals surface area contributed by atoms with Crippen molar-refractivity contribution in [1.82, 2.24) is 4.90 Å². The molecule has 2 rings (SSSR count). The molecular weight excluding hydrogens is 226 g/mol. The third-order valence-electron chi connectivity index (χ3n) is 2.90. The molecule has 1 saturated heterocycles. The molecule has 0 spiro atoms. The maximum atomic E-state index is 10.9. The van der Waals surface area contributed by atoms with Crippen molar-refractivity contribution in [3.63, 3.8) is 0 Å². The van der Waals surface area contributed by atoms with Gasteiger partial charge in [-0.1, -0.05) is 0 Å². The van der Waals surface area contributed by atoms with E-state index in [2.05, 4.69) is 4.90 Å². The highest BCUT2D eigenvalue weighted by Gasteiger charge is 2.22. The monoisotopic (exact) mass is 241 g/mol. The largest absolute Gasteiger partial charge is 0.478 e. The quantitative estimate of drug-likeness (QED) is 0.872. The fraction of sp³-hybridized carbons (Fsp3) is 0.545. The first-order valence-corrected chi connectivity index (χ1v) is 6.41. The molecule has 1 aliphatic heterocycles. The number of carboxylic acid groups (broad SMARTS) is 1. The molecule has 1 aromatic heterocycles. The summed E-state index contributed by atoms with van der Waals surface area (Å²) in [5, 5.41) is 8.95. The molecule has 0 saturated carbocycles. The van der Waals surface area contributed by atoms with Crippen LogP contribution >= 0.6 is 11.8 Å². The average molecular weight is 241 g/mol. The highest BCUT2D eigenvalue weighted by molar-refractivity contribution is 7.99. The number of carbonyl (C=O) groups is 1. The van der Waals surface area contributed by atoms with Crippen LogP contribution in [0.15, 0.2) is 16.7 Å². The number of nitrogens with zero attached hydrogens (tertiary/aromatic N) is 1. The molecular formula is C11H15NO3S. The average Bonchev–Trinajstić information content (AvgIpc) is 2.86. The first-order valence-electron chi connectivity index (χ1n) is 5.26. The first kappa shape index (κ1) is 11.5. The molecule has 1 atom stereocenters. The summed E-state index contributed by atoms with van der Waals surface area (Å²) in [5.41, 5.74) is 0.275. The van der Waals surface area contributed by atoms with Crippen LogP contribution in [-0.2, 0) is 6.54 Å². The minimum atomic E-state index is -0.919. The fourth-order valence-corrected chi connectivity index (χ4v) is 3.18. The summed E-state index contributed by atoms with van der Waals surface area (Å²) < 4.78 is 5.23. The molecule has 1 fully saturated rings. The van der Waals surface area contributed by atoms with E-state index >= 15 is 0 Å². The molecule has 1 unspecified atom stereocenters. The predicted octanol–water partition coefficient (Wildman–Crippen LogP) is 1.92. The lowest BCUT2D eigenvalue weighted by Crippen LogP contribution is -2.31. The summed E-state index contributed by atoms with van der Waals surface area (Å²) in [6.07, 6.45) is 2.61. The van der Waals surface area contributed by atoms with Crippen molar-refractivity contribution in [2.75, 3.05) is 18.6 Å². The number of rotatable bonds is 4. The summed E-state index contributed by atoms with van der Waals surface area (Å²) >= 11 is 1.95. The Morgan fingerprint density at radius 1 is 1.75 bits per heavy atom. The van der Waals surface area contributed by atoms with E-state index < -0.39 is 5.97 Å². The lowest BCUT2D eigenvalue weighted by atomic mass is 10.2. The predicted molar refractivity (Wildman–Crippen MR) is 62.9 cm³/mol. The standard InChI is InChI=1S/C11H15NO3S/c1-12(8-3-5-16-7-8)6-10-9(11(13)14)2-4-15-10/h2,4,8H,3,5-7H2,1H3,(H,13,14). The summed E-state index contributed by atoms with van der Waals surface area (Å²) in [5.74, 6) is 1.95. The van der Waals surface area contributed by atoms with Gasteiger partial charge in [0.2, 0.25) is 0 Å². The molecule has 5 heteroatoms. The molecule has 16 heavy (non-hydrogen) atoms. The Bertz CT molecular complexity index is 371. The molecule has 0 aromatic carbocycles. The number of aromatic carboxylic acids is 1. The summed E-state index contributed by atoms with van der Waals surface area (Å²) in [6.45, 7) is 0.569. The van der Waals surface area contributed by atoms with Gasteiger partial charge in [0, 0.05) is 11.8 Å². The van der Waals surface area contributed by atoms with Crippen molar-refractivity contribution >= 4 is 17.7 Å². The van der Waals surface area contributed by atoms with Crippen LogP contribution in [0.5, 0.6) is 0 Å². The van der Waals surface area contributed by atoms with Gasteiger partial charge >= 0.3 is 5.97 Å². The Labute approximate surface area is 98.6 Å². The van der Waals surface area contributed by atoms with E-state index in [1.54, 1.807) is 0 Å². The Balaban J connectivity index is 2.02. The van der Waals surface area contributed by atoms with Crippen LogP contribution in [0.4, 0.5) is 0 Å². The van der Waals surface area contributed by atoms with Gasteiger partial charge in [-0.25, -0.2) is 4.79 Å². The molecule has 1 aromatic rings. The molecule has 0 aliphatic carbocycles. The van der Waals surface area contributed by atoms with Crippen molar-refractivity contribution in [2.24, 2.45) is 0 Å². The number of thioether (sulfide) groups is 1. The van der Waals surface area contributed by atoms with Gasteiger partial charge in [-0.2, -0.15) is 11.8 Å². The Morgan fingerprint density at radius 2 is 2.56 bits per heavy atom. The summed E-state index contributed by atoms with van der Waals surface area (Å²) in [4.78, 5) is 13.1. The van der Waals surface area contributed by atoms with Crippen molar-refractivity contribution in [2.45, 2.75) is 19.0 Å². The molecule has 2 heterocycles. The number of furan rings is 1. The number of carboxylic acids is 1. The maximum Gasteiger partial charge on any atom is 0.339 e. The molecule has 0 radical (unpaired) electrons. The fourth-order valence-electron chi connectivity index (χ4n) is 1.88. The van der Waals surface area contributed by atoms with Gasteiger partial charge in [-0.05, 0) is 25.3 Å². The smallest absolute Gasteiger partial charge is 0.339 e. The SMILES string of the molecule is CN(Cc1occc1C(=O)O)C1CCSC1. The minimum absolute atomic E-state index is 0.275. The number of hydrogen-bond acceptors (Lipinski definition) is 4. The molecule has 0 amide bonds. The van der Waals surface area contributed by atoms with E-state index in [0.29, 0.717) is 18.3 Å². The van der Waals surface area contributed by atoms with Crippen molar-refractivity contribution in [3.05, 3.63) is 23.7 Å². The normalized spacial score (nSPS) is 20.5. The third kappa shape index (κ3) is 2.41. The van der Waals surface area contributed by atoms with Crippen molar-refractivity contribution in [3.8, 4) is 0 Å². The Morgan fingerprint density at radius 3 is 3.19 bits per heavy atom. The van der Waals surface area contributed by atoms with Gasteiger partial charge in [0.15, 0.2) is 0 Å². The summed E-state index contributed by atoms with van der Waals surface area (Å²) in [6, 6.07) is 2.05. The topological polar surface area (TPSA) is 53.7 Å². The second-order valence-corrected chi connectivity index (χ2v) is 5.14. The number of hydrogen-bond donors (Lipinski definition) is 1. The minimum Gasteiger partial charge on any atom is -0.478 e. The van der Waals surface area contributed by atoms with Crippen LogP contribution in [0, 0.1) is 0 Å². The lowest BCUT2D eigenvalue weighted by Gasteiger charge is -2.22. The van der Waals surface area contributed by atoms with Crippen LogP contribution in [-0.4, -0.2) is 40.6 Å². The van der Waals surface area contributed by atoms with E-state index in [1.165, 1.54) is 24.5 Å². The zero-order valence-corrected chi connectivity index (χ0v) is 10.00. The second-order valence-electron chi connectivity index (χ2n) is 4.00. The van der Waals surface area contributed by atoms with Gasteiger partial charge in [0.1, 0.15) is 11.3 Å². The van der Waals surface area contributed by atoms with Crippen molar-refractivity contribution < 1.29 is 14.3 Å². The highest BCUT2D eigenvalue weighted by atomic mass is 32.2. The molecule has 1 N–H and O–H groups in total. The van der Waals surface area contributed by atoms with Crippen LogP contribution in [0.1, 0.15) is 22.5 Å². The van der Waals surface area contributed by atoms with E-state index in [0.717, 1.165) is 5.75 Å². The van der Waals surface area contributed by atoms with E-state index in [-0.39, 0.29) is 5.56 Å². The van der Waals surface area contributed by atoms with E-state index in [1.807, 2.05) is 18.8 Å². The molecule has 4 nitrogen and oxygen atoms in total. The maximum absolute atomic E-state index is 10.9. The molecule has 0 bridgehead atoms. The lowest BCUT2D eigenvalue weighted by molar-refractivity contribution is 0.0692. The van der Waals surface area contributed by atoms with E-state index in [4.69, 9.17) is 9.52 Å². The first-order chi connectivity index (χ1) is 7.68. The zero-order chi connectivity index (χ0) is 11.5. The second kappa shape index (κ2) is 4.93. The van der Waals surface area contributed by atoms with Crippen LogP contribution in [0.2, 0.25) is 0 Å². The van der Waals surface area contributed by atoms with E-state index in [9.17, 15) is 4.79 Å². The Hall–Kier alpha value is -0.940. The van der Waals surface area contributed by atoms with Gasteiger partial charge in [0.05, 0.1) is 12.8 Å². The molecule has 1 aliphatic rings. The Kier molecular flexibility index (Phi) is 3.56. The van der Waals surface area contributed by atoms with Gasteiger partial charge in [0.25, 0.3) is 0 Å². The van der Waals surface area contributed by atoms with Crippen LogP contribution in [0.3, 0.4) is 0 Å².